The summed E-state index contributed by atoms with van der Waals surface area (Å²) in [5.74, 6) is 0. The zero-order valence-corrected chi connectivity index (χ0v) is 9.66. The number of allylic oxidation sites excluding steroid dienone is 1. The fourth-order valence-corrected chi connectivity index (χ4v) is 0.589. The Labute approximate surface area is 78.1 Å². The standard InChI is InChI=1S/C8H8.C3H8Si/c1-2-8-6-4-3-5-7-8;1-2-3-4/h2-7H,1H2;2H,1,3H2,4H3. The Bertz CT molecular complexity index is 214. The molecule has 0 atom stereocenters. The van der Waals surface area contributed by atoms with E-state index in [9.17, 15) is 0 Å². The van der Waals surface area contributed by atoms with Crippen LogP contribution in [0.3, 0.4) is 0 Å². The molecule has 1 aromatic carbocycles. The van der Waals surface area contributed by atoms with Gasteiger partial charge in [0.15, 0.2) is 0 Å². The molecule has 0 aliphatic carbocycles. The molecule has 0 radical (unpaired) electrons. The van der Waals surface area contributed by atoms with Crippen LogP contribution in [0.5, 0.6) is 0 Å². The van der Waals surface area contributed by atoms with Crippen molar-refractivity contribution in [1.82, 2.24) is 0 Å². The molecule has 0 fully saturated rings. The van der Waals surface area contributed by atoms with Crippen molar-refractivity contribution in [3.63, 3.8) is 0 Å². The second-order valence-electron chi connectivity index (χ2n) is 2.31. The summed E-state index contributed by atoms with van der Waals surface area (Å²) in [4.78, 5) is 0. The second-order valence-corrected chi connectivity index (χ2v) is 3.13. The van der Waals surface area contributed by atoms with Crippen LogP contribution in [0, 0.1) is 0 Å². The van der Waals surface area contributed by atoms with Gasteiger partial charge in [-0.2, -0.15) is 0 Å². The Balaban J connectivity index is 0.000000261. The first kappa shape index (κ1) is 10.9. The molecule has 0 N–H and O–H groups in total. The molecular weight excluding hydrogens is 160 g/mol. The van der Waals surface area contributed by atoms with E-state index in [2.05, 4.69) is 13.2 Å². The molecule has 1 aromatic rings. The Hall–Kier alpha value is -1.08. The van der Waals surface area contributed by atoms with Gasteiger partial charge in [0, 0.05) is 10.2 Å². The summed E-state index contributed by atoms with van der Waals surface area (Å²) in [6.07, 6.45) is 3.77. The zero-order valence-electron chi connectivity index (χ0n) is 7.66. The van der Waals surface area contributed by atoms with Gasteiger partial charge >= 0.3 is 0 Å². The molecular formula is C11H16Si. The zero-order chi connectivity index (χ0) is 9.23. The third-order valence-corrected chi connectivity index (χ3v) is 1.90. The van der Waals surface area contributed by atoms with Crippen molar-refractivity contribution in [2.24, 2.45) is 0 Å². The maximum absolute atomic E-state index is 3.63. The monoisotopic (exact) mass is 176 g/mol. The highest BCUT2D eigenvalue weighted by atomic mass is 28.1. The van der Waals surface area contributed by atoms with Crippen molar-refractivity contribution in [3.8, 4) is 0 Å². The molecule has 0 nitrogen and oxygen atoms in total. The van der Waals surface area contributed by atoms with Gasteiger partial charge in [-0.3, -0.25) is 0 Å². The quantitative estimate of drug-likeness (QED) is 0.479. The van der Waals surface area contributed by atoms with Crippen LogP contribution in [0.1, 0.15) is 5.56 Å². The van der Waals surface area contributed by atoms with E-state index >= 15 is 0 Å². The van der Waals surface area contributed by atoms with E-state index < -0.39 is 0 Å². The molecule has 0 saturated carbocycles. The van der Waals surface area contributed by atoms with Crippen LogP contribution in [0.15, 0.2) is 49.6 Å². The minimum atomic E-state index is 1.17. The summed E-state index contributed by atoms with van der Waals surface area (Å²) < 4.78 is 0. The fraction of sp³-hybridized carbons (Fsp3) is 0.0909. The van der Waals surface area contributed by atoms with E-state index in [1.807, 2.05) is 42.5 Å². The first-order valence-corrected chi connectivity index (χ1v) is 5.55. The molecule has 0 aliphatic heterocycles. The number of benzene rings is 1. The van der Waals surface area contributed by atoms with E-state index in [-0.39, 0.29) is 0 Å². The van der Waals surface area contributed by atoms with Crippen molar-refractivity contribution in [2.45, 2.75) is 6.04 Å². The van der Waals surface area contributed by atoms with E-state index in [4.69, 9.17) is 0 Å². The van der Waals surface area contributed by atoms with Gasteiger partial charge in [0.25, 0.3) is 0 Å². The van der Waals surface area contributed by atoms with Crippen LogP contribution in [-0.4, -0.2) is 10.2 Å². The molecule has 0 aromatic heterocycles. The van der Waals surface area contributed by atoms with Gasteiger partial charge in [0.05, 0.1) is 0 Å². The summed E-state index contributed by atoms with van der Waals surface area (Å²) >= 11 is 0. The highest BCUT2D eigenvalue weighted by molar-refractivity contribution is 6.09. The summed E-state index contributed by atoms with van der Waals surface area (Å²) in [5.41, 5.74) is 1.17. The summed E-state index contributed by atoms with van der Waals surface area (Å²) in [5, 5.41) is 0. The predicted molar refractivity (Wildman–Crippen MR) is 61.5 cm³/mol. The fourth-order valence-electron chi connectivity index (χ4n) is 0.589. The summed E-state index contributed by atoms with van der Waals surface area (Å²) in [6.45, 7) is 7.14. The lowest BCUT2D eigenvalue weighted by atomic mass is 10.2. The van der Waals surface area contributed by atoms with E-state index in [1.54, 1.807) is 0 Å². The topological polar surface area (TPSA) is 0 Å². The van der Waals surface area contributed by atoms with Gasteiger partial charge in [-0.25, -0.2) is 0 Å². The highest BCUT2D eigenvalue weighted by Crippen LogP contribution is 1.97. The van der Waals surface area contributed by atoms with Gasteiger partial charge in [-0.05, 0) is 11.6 Å². The maximum Gasteiger partial charge on any atom is 0.00753 e. The van der Waals surface area contributed by atoms with Crippen LogP contribution < -0.4 is 0 Å². The minimum absolute atomic E-state index is 1.17. The van der Waals surface area contributed by atoms with Crippen LogP contribution in [0.25, 0.3) is 6.08 Å². The molecule has 1 rings (SSSR count). The molecule has 0 unspecified atom stereocenters. The second kappa shape index (κ2) is 8.02. The molecule has 0 saturated heterocycles. The van der Waals surface area contributed by atoms with Gasteiger partial charge in [0.1, 0.15) is 0 Å². The Morgan fingerprint density at radius 1 is 1.17 bits per heavy atom. The third kappa shape index (κ3) is 5.68. The Morgan fingerprint density at radius 3 is 1.92 bits per heavy atom. The molecule has 0 heterocycles. The predicted octanol–water partition coefficient (Wildman–Crippen LogP) is 2.29. The summed E-state index contributed by atoms with van der Waals surface area (Å²) in [6, 6.07) is 11.3. The number of rotatable bonds is 2. The molecule has 12 heavy (non-hydrogen) atoms. The largest absolute Gasteiger partial charge is 0.103 e. The van der Waals surface area contributed by atoms with Crippen molar-refractivity contribution >= 4 is 16.3 Å². The first-order chi connectivity index (χ1) is 5.85. The van der Waals surface area contributed by atoms with Gasteiger partial charge in [-0.15, -0.1) is 6.58 Å². The van der Waals surface area contributed by atoms with Crippen molar-refractivity contribution < 1.29 is 0 Å². The average molecular weight is 176 g/mol. The molecule has 0 spiro atoms. The average Bonchev–Trinajstić information content (AvgIpc) is 2.19. The Morgan fingerprint density at radius 2 is 1.67 bits per heavy atom. The van der Waals surface area contributed by atoms with Crippen LogP contribution in [-0.2, 0) is 0 Å². The van der Waals surface area contributed by atoms with Crippen molar-refractivity contribution in [3.05, 3.63) is 55.1 Å². The maximum atomic E-state index is 3.63. The lowest BCUT2D eigenvalue weighted by molar-refractivity contribution is 1.67. The van der Waals surface area contributed by atoms with E-state index in [1.165, 1.54) is 21.9 Å². The van der Waals surface area contributed by atoms with Crippen LogP contribution in [0.2, 0.25) is 6.04 Å². The third-order valence-electron chi connectivity index (χ3n) is 1.32. The lowest BCUT2D eigenvalue weighted by Gasteiger charge is -1.85. The molecule has 0 aliphatic rings. The SMILES string of the molecule is C=CC[SiH3].C=Cc1ccccc1. The molecule has 0 bridgehead atoms. The smallest absolute Gasteiger partial charge is 0.00753 e. The van der Waals surface area contributed by atoms with E-state index in [0.717, 1.165) is 0 Å². The minimum Gasteiger partial charge on any atom is -0.103 e. The molecule has 0 amide bonds. The van der Waals surface area contributed by atoms with Gasteiger partial charge in [-0.1, -0.05) is 49.1 Å². The van der Waals surface area contributed by atoms with Crippen molar-refractivity contribution in [2.75, 3.05) is 0 Å². The van der Waals surface area contributed by atoms with Gasteiger partial charge < -0.3 is 0 Å². The highest BCUT2D eigenvalue weighted by Gasteiger charge is 1.75. The lowest BCUT2D eigenvalue weighted by Crippen LogP contribution is -1.63. The van der Waals surface area contributed by atoms with Crippen LogP contribution >= 0.6 is 0 Å². The first-order valence-electron chi connectivity index (χ1n) is 4.13. The van der Waals surface area contributed by atoms with Crippen molar-refractivity contribution in [1.29, 1.82) is 0 Å². The number of hydrogen-bond acceptors (Lipinski definition) is 0. The summed E-state index contributed by atoms with van der Waals surface area (Å²) in [7, 11) is 1.27. The Kier molecular flexibility index (Phi) is 7.29. The molecule has 1 heteroatoms. The molecule has 64 valence electrons. The van der Waals surface area contributed by atoms with Crippen LogP contribution in [0.4, 0.5) is 0 Å². The van der Waals surface area contributed by atoms with E-state index in [0.29, 0.717) is 0 Å². The number of hydrogen-bond donors (Lipinski definition) is 0. The normalized spacial score (nSPS) is 8.00. The van der Waals surface area contributed by atoms with Gasteiger partial charge in [0.2, 0.25) is 0 Å².